The molecular formula is C13H22N2O3S. The van der Waals surface area contributed by atoms with Gasteiger partial charge in [0, 0.05) is 17.8 Å². The van der Waals surface area contributed by atoms with Gasteiger partial charge in [0.15, 0.2) is 0 Å². The van der Waals surface area contributed by atoms with Crippen LogP contribution in [0.3, 0.4) is 0 Å². The van der Waals surface area contributed by atoms with Gasteiger partial charge in [-0.2, -0.15) is 11.8 Å². The lowest BCUT2D eigenvalue weighted by Crippen LogP contribution is -2.49. The van der Waals surface area contributed by atoms with Gasteiger partial charge in [-0.05, 0) is 31.9 Å². The predicted octanol–water partition coefficient (Wildman–Crippen LogP) is 1.82. The van der Waals surface area contributed by atoms with E-state index in [-0.39, 0.29) is 18.6 Å². The molecule has 2 amide bonds. The molecular weight excluding hydrogens is 264 g/mol. The van der Waals surface area contributed by atoms with Crippen LogP contribution in [0.25, 0.3) is 0 Å². The number of hydrogen-bond acceptors (Lipinski definition) is 3. The van der Waals surface area contributed by atoms with Crippen molar-refractivity contribution in [3.05, 3.63) is 0 Å². The first-order valence-corrected chi connectivity index (χ1v) is 8.17. The van der Waals surface area contributed by atoms with E-state index in [0.717, 1.165) is 19.3 Å². The van der Waals surface area contributed by atoms with Gasteiger partial charge in [-0.25, -0.2) is 4.79 Å². The van der Waals surface area contributed by atoms with Gasteiger partial charge in [0.2, 0.25) is 0 Å². The summed E-state index contributed by atoms with van der Waals surface area (Å²) in [5.41, 5.74) is -0.692. The summed E-state index contributed by atoms with van der Waals surface area (Å²) in [6.45, 7) is 0.241. The number of carbonyl (C=O) groups excluding carboxylic acids is 1. The lowest BCUT2D eigenvalue weighted by molar-refractivity contribution is -0.143. The molecule has 0 aromatic carbocycles. The van der Waals surface area contributed by atoms with Crippen molar-refractivity contribution < 1.29 is 14.7 Å². The molecule has 0 bridgehead atoms. The summed E-state index contributed by atoms with van der Waals surface area (Å²) in [6.07, 6.45) is 7.95. The third-order valence-corrected chi connectivity index (χ3v) is 5.39. The van der Waals surface area contributed by atoms with Gasteiger partial charge in [-0.15, -0.1) is 0 Å². The monoisotopic (exact) mass is 286 g/mol. The number of amides is 2. The van der Waals surface area contributed by atoms with Crippen molar-refractivity contribution in [1.82, 2.24) is 10.6 Å². The van der Waals surface area contributed by atoms with Crippen LogP contribution in [-0.4, -0.2) is 41.2 Å². The van der Waals surface area contributed by atoms with Crippen molar-refractivity contribution in [2.24, 2.45) is 5.41 Å². The molecule has 3 N–H and O–H groups in total. The van der Waals surface area contributed by atoms with Gasteiger partial charge in [0.25, 0.3) is 0 Å². The fourth-order valence-electron chi connectivity index (χ4n) is 2.63. The molecule has 0 aromatic rings. The van der Waals surface area contributed by atoms with Crippen molar-refractivity contribution in [2.45, 2.75) is 49.8 Å². The average Bonchev–Trinajstić information content (AvgIpc) is 3.18. The number of nitrogens with one attached hydrogen (secondary N) is 2. The second-order valence-electron chi connectivity index (χ2n) is 5.58. The average molecular weight is 286 g/mol. The Morgan fingerprint density at radius 2 is 2.00 bits per heavy atom. The minimum Gasteiger partial charge on any atom is -0.481 e. The fourth-order valence-corrected chi connectivity index (χ4v) is 3.57. The highest BCUT2D eigenvalue weighted by molar-refractivity contribution is 7.99. The fraction of sp³-hybridized carbons (Fsp3) is 0.846. The lowest BCUT2D eigenvalue weighted by atomic mass is 9.95. The highest BCUT2D eigenvalue weighted by Crippen LogP contribution is 2.45. The van der Waals surface area contributed by atoms with Gasteiger partial charge >= 0.3 is 12.0 Å². The molecule has 108 valence electrons. The van der Waals surface area contributed by atoms with Crippen LogP contribution in [0.15, 0.2) is 0 Å². The molecule has 0 radical (unpaired) electrons. The van der Waals surface area contributed by atoms with Gasteiger partial charge in [0.1, 0.15) is 0 Å². The first-order chi connectivity index (χ1) is 9.07. The number of carbonyl (C=O) groups is 2. The summed E-state index contributed by atoms with van der Waals surface area (Å²) >= 11 is 1.80. The van der Waals surface area contributed by atoms with E-state index in [9.17, 15) is 9.59 Å². The van der Waals surface area contributed by atoms with Crippen LogP contribution in [0.4, 0.5) is 4.79 Å². The van der Waals surface area contributed by atoms with E-state index in [0.29, 0.717) is 18.1 Å². The van der Waals surface area contributed by atoms with Crippen LogP contribution in [0.5, 0.6) is 0 Å². The smallest absolute Gasteiger partial charge is 0.315 e. The van der Waals surface area contributed by atoms with E-state index >= 15 is 0 Å². The molecule has 0 saturated heterocycles. The minimum atomic E-state index is -0.799. The highest BCUT2D eigenvalue weighted by Gasteiger charge is 2.50. The first-order valence-electron chi connectivity index (χ1n) is 6.88. The van der Waals surface area contributed by atoms with Crippen molar-refractivity contribution >= 4 is 23.8 Å². The van der Waals surface area contributed by atoms with E-state index in [1.54, 1.807) is 11.8 Å². The van der Waals surface area contributed by atoms with Crippen molar-refractivity contribution in [2.75, 3.05) is 12.8 Å². The summed E-state index contributed by atoms with van der Waals surface area (Å²) in [4.78, 5) is 22.9. The zero-order valence-corrected chi connectivity index (χ0v) is 12.1. The van der Waals surface area contributed by atoms with Crippen LogP contribution in [0, 0.1) is 5.41 Å². The van der Waals surface area contributed by atoms with Gasteiger partial charge in [-0.1, -0.05) is 12.8 Å². The molecule has 19 heavy (non-hydrogen) atoms. The maximum absolute atomic E-state index is 11.8. The normalized spacial score (nSPS) is 28.5. The minimum absolute atomic E-state index is 0.212. The summed E-state index contributed by atoms with van der Waals surface area (Å²) in [5, 5.41) is 15.2. The topological polar surface area (TPSA) is 78.4 Å². The molecule has 6 heteroatoms. The van der Waals surface area contributed by atoms with Crippen molar-refractivity contribution in [3.63, 3.8) is 0 Å². The molecule has 2 saturated carbocycles. The van der Waals surface area contributed by atoms with Crippen LogP contribution in [0.1, 0.15) is 38.5 Å². The van der Waals surface area contributed by atoms with Crippen LogP contribution in [-0.2, 0) is 4.79 Å². The maximum atomic E-state index is 11.8. The second-order valence-corrected chi connectivity index (χ2v) is 6.65. The Bertz CT molecular complexity index is 358. The quantitative estimate of drug-likeness (QED) is 0.720. The Hall–Kier alpha value is -0.910. The molecule has 0 aliphatic heterocycles. The van der Waals surface area contributed by atoms with E-state index in [1.807, 2.05) is 0 Å². The lowest BCUT2D eigenvalue weighted by Gasteiger charge is -2.31. The summed E-state index contributed by atoms with van der Waals surface area (Å²) in [7, 11) is 0. The number of hydrogen-bond donors (Lipinski definition) is 3. The molecule has 2 rings (SSSR count). The molecule has 2 unspecified atom stereocenters. The Kier molecular flexibility index (Phi) is 4.60. The number of carboxylic acids is 1. The Labute approximate surface area is 117 Å². The van der Waals surface area contributed by atoms with Crippen LogP contribution < -0.4 is 10.6 Å². The zero-order valence-electron chi connectivity index (χ0n) is 11.3. The summed E-state index contributed by atoms with van der Waals surface area (Å²) in [6, 6.07) is -0.0118. The standard InChI is InChI=1S/C13H22N2O3S/c1-19-10-5-3-2-4-9(10)15-12(18)14-8-13(6-7-13)11(16)17/h9-10H,2-8H2,1H3,(H,16,17)(H2,14,15,18). The molecule has 5 nitrogen and oxygen atoms in total. The van der Waals surface area contributed by atoms with Crippen molar-refractivity contribution in [1.29, 1.82) is 0 Å². The number of thioether (sulfide) groups is 1. The molecule has 2 aliphatic rings. The zero-order chi connectivity index (χ0) is 13.9. The molecule has 2 fully saturated rings. The first kappa shape index (κ1) is 14.5. The summed E-state index contributed by atoms with van der Waals surface area (Å²) < 4.78 is 0. The van der Waals surface area contributed by atoms with E-state index < -0.39 is 11.4 Å². The third-order valence-electron chi connectivity index (χ3n) is 4.22. The molecule has 2 atom stereocenters. The van der Waals surface area contributed by atoms with Crippen LogP contribution >= 0.6 is 11.8 Å². The Balaban J connectivity index is 1.76. The van der Waals surface area contributed by atoms with Crippen molar-refractivity contribution in [3.8, 4) is 0 Å². The largest absolute Gasteiger partial charge is 0.481 e. The predicted molar refractivity (Wildman–Crippen MR) is 75.4 cm³/mol. The van der Waals surface area contributed by atoms with E-state index in [1.165, 1.54) is 6.42 Å². The van der Waals surface area contributed by atoms with Gasteiger partial charge in [0.05, 0.1) is 5.41 Å². The Morgan fingerprint density at radius 3 is 2.58 bits per heavy atom. The summed E-state index contributed by atoms with van der Waals surface area (Å²) in [5.74, 6) is -0.799. The number of rotatable bonds is 5. The number of aliphatic carboxylic acids is 1. The van der Waals surface area contributed by atoms with E-state index in [4.69, 9.17) is 5.11 Å². The van der Waals surface area contributed by atoms with Gasteiger partial charge in [-0.3, -0.25) is 4.79 Å². The Morgan fingerprint density at radius 1 is 1.32 bits per heavy atom. The highest BCUT2D eigenvalue weighted by atomic mass is 32.2. The second kappa shape index (κ2) is 6.03. The molecule has 2 aliphatic carbocycles. The third kappa shape index (κ3) is 3.55. The molecule has 0 aromatic heterocycles. The van der Waals surface area contributed by atoms with E-state index in [2.05, 4.69) is 16.9 Å². The molecule has 0 heterocycles. The molecule has 0 spiro atoms. The van der Waals surface area contributed by atoms with Gasteiger partial charge < -0.3 is 15.7 Å². The maximum Gasteiger partial charge on any atom is 0.315 e. The number of urea groups is 1. The number of carboxylic acid groups (broad SMARTS) is 1. The van der Waals surface area contributed by atoms with Crippen LogP contribution in [0.2, 0.25) is 0 Å². The SMILES string of the molecule is CSC1CCCCC1NC(=O)NCC1(C(=O)O)CC1.